The number of benzene rings is 1. The topological polar surface area (TPSA) is 64.0 Å². The van der Waals surface area contributed by atoms with Crippen LogP contribution < -0.4 is 5.32 Å². The minimum Gasteiger partial charge on any atom is -0.309 e. The molecule has 0 saturated carbocycles. The zero-order chi connectivity index (χ0) is 15.1. The maximum absolute atomic E-state index is 12.6. The molecule has 1 N–H and O–H groups in total. The number of fused-ring (bicyclic) bond motifs is 1. The fourth-order valence-corrected chi connectivity index (χ4v) is 2.77. The van der Waals surface area contributed by atoms with Crippen LogP contribution in [0.5, 0.6) is 0 Å². The first-order valence-electron chi connectivity index (χ1n) is 6.68. The lowest BCUT2D eigenvalue weighted by Gasteiger charge is -2.22. The molecule has 0 spiro atoms. The number of carbonyl (C=O) groups is 2. The zero-order valence-electron chi connectivity index (χ0n) is 11.6. The Hall–Kier alpha value is -1.95. The Balaban J connectivity index is 2.05. The molecule has 0 fully saturated rings. The van der Waals surface area contributed by atoms with Crippen molar-refractivity contribution in [1.82, 2.24) is 9.78 Å². The second kappa shape index (κ2) is 5.11. The van der Waals surface area contributed by atoms with E-state index in [-0.39, 0.29) is 17.7 Å². The lowest BCUT2D eigenvalue weighted by atomic mass is 9.96. The number of halogens is 1. The third-order valence-corrected chi connectivity index (χ3v) is 3.96. The van der Waals surface area contributed by atoms with Gasteiger partial charge in [0.15, 0.2) is 0 Å². The minimum absolute atomic E-state index is 0.192. The first kappa shape index (κ1) is 14.0. The van der Waals surface area contributed by atoms with Crippen LogP contribution in [0.15, 0.2) is 34.8 Å². The van der Waals surface area contributed by atoms with Crippen LogP contribution in [0.25, 0.3) is 0 Å². The fraction of sp³-hybridized carbons (Fsp3) is 0.267. The van der Waals surface area contributed by atoms with Crippen molar-refractivity contribution in [2.45, 2.75) is 25.7 Å². The van der Waals surface area contributed by atoms with Gasteiger partial charge in [0, 0.05) is 10.5 Å². The van der Waals surface area contributed by atoms with Gasteiger partial charge in [0.1, 0.15) is 11.7 Å². The average Bonchev–Trinajstić information content (AvgIpc) is 2.83. The molecule has 1 aliphatic rings. The van der Waals surface area contributed by atoms with E-state index in [0.717, 1.165) is 10.2 Å². The third kappa shape index (κ3) is 2.40. The molecule has 2 aromatic rings. The van der Waals surface area contributed by atoms with Crippen molar-refractivity contribution in [3.8, 4) is 0 Å². The summed E-state index contributed by atoms with van der Waals surface area (Å²) in [7, 11) is 0. The maximum atomic E-state index is 12.6. The van der Waals surface area contributed by atoms with Gasteiger partial charge in [-0.2, -0.15) is 9.78 Å². The van der Waals surface area contributed by atoms with E-state index in [0.29, 0.717) is 11.4 Å². The normalized spacial score (nSPS) is 17.8. The highest BCUT2D eigenvalue weighted by molar-refractivity contribution is 9.10. The van der Waals surface area contributed by atoms with Gasteiger partial charge in [-0.05, 0) is 23.6 Å². The van der Waals surface area contributed by atoms with Gasteiger partial charge in [0.25, 0.3) is 5.91 Å². The molecule has 1 aromatic heterocycles. The molecule has 2 heterocycles. The summed E-state index contributed by atoms with van der Waals surface area (Å²) in [6.45, 7) is 3.98. The van der Waals surface area contributed by atoms with Crippen molar-refractivity contribution >= 4 is 33.6 Å². The van der Waals surface area contributed by atoms with E-state index in [1.54, 1.807) is 24.3 Å². The number of anilines is 1. The van der Waals surface area contributed by atoms with Crippen LogP contribution in [-0.2, 0) is 4.79 Å². The van der Waals surface area contributed by atoms with Crippen molar-refractivity contribution in [2.75, 3.05) is 5.32 Å². The van der Waals surface area contributed by atoms with Crippen LogP contribution in [0.1, 0.15) is 41.7 Å². The van der Waals surface area contributed by atoms with Gasteiger partial charge >= 0.3 is 0 Å². The molecule has 21 heavy (non-hydrogen) atoms. The number of hydrogen-bond donors (Lipinski definition) is 1. The molecular weight excluding hydrogens is 334 g/mol. The van der Waals surface area contributed by atoms with E-state index in [9.17, 15) is 9.59 Å². The molecule has 0 aliphatic carbocycles. The zero-order valence-corrected chi connectivity index (χ0v) is 13.2. The Morgan fingerprint density at radius 2 is 2.05 bits per heavy atom. The molecule has 1 unspecified atom stereocenters. The van der Waals surface area contributed by atoms with E-state index in [1.165, 1.54) is 4.68 Å². The van der Waals surface area contributed by atoms with Gasteiger partial charge < -0.3 is 5.32 Å². The van der Waals surface area contributed by atoms with Gasteiger partial charge in [-0.15, -0.1) is 0 Å². The average molecular weight is 348 g/mol. The van der Waals surface area contributed by atoms with Gasteiger partial charge in [-0.1, -0.05) is 41.9 Å². The smallest absolute Gasteiger partial charge is 0.265 e. The van der Waals surface area contributed by atoms with E-state index in [2.05, 4.69) is 26.3 Å². The molecule has 1 amide bonds. The van der Waals surface area contributed by atoms with Gasteiger partial charge in [-0.25, -0.2) is 0 Å². The van der Waals surface area contributed by atoms with Crippen LogP contribution in [-0.4, -0.2) is 21.6 Å². The first-order chi connectivity index (χ1) is 9.97. The van der Waals surface area contributed by atoms with Crippen molar-refractivity contribution in [3.63, 3.8) is 0 Å². The van der Waals surface area contributed by atoms with Crippen LogP contribution in [0, 0.1) is 0 Å². The number of amides is 1. The standard InChI is InChI=1S/C15H14BrN3O2/c1-8(2)11-7-12-17-14(20)13(15(21)19(12)18-11)9-4-3-5-10(16)6-9/h3-8,13H,1-2H3,(H,17,20). The number of carbonyl (C=O) groups excluding carboxylic acids is 2. The van der Waals surface area contributed by atoms with Crippen molar-refractivity contribution < 1.29 is 9.59 Å². The monoisotopic (exact) mass is 347 g/mol. The molecule has 5 nitrogen and oxygen atoms in total. The summed E-state index contributed by atoms with van der Waals surface area (Å²) >= 11 is 3.36. The summed E-state index contributed by atoms with van der Waals surface area (Å²) in [6, 6.07) is 8.95. The number of nitrogens with zero attached hydrogens (tertiary/aromatic N) is 2. The molecule has 0 saturated heterocycles. The summed E-state index contributed by atoms with van der Waals surface area (Å²) in [5.41, 5.74) is 1.44. The number of nitrogens with one attached hydrogen (secondary N) is 1. The predicted octanol–water partition coefficient (Wildman–Crippen LogP) is 3.15. The Morgan fingerprint density at radius 3 is 2.71 bits per heavy atom. The van der Waals surface area contributed by atoms with Crippen molar-refractivity contribution in [2.24, 2.45) is 0 Å². The molecule has 1 aliphatic heterocycles. The highest BCUT2D eigenvalue weighted by Crippen LogP contribution is 2.29. The number of aromatic nitrogens is 2. The molecule has 3 rings (SSSR count). The second-order valence-electron chi connectivity index (χ2n) is 5.34. The molecule has 1 atom stereocenters. The first-order valence-corrected chi connectivity index (χ1v) is 7.47. The summed E-state index contributed by atoms with van der Waals surface area (Å²) in [5.74, 6) is -0.869. The SMILES string of the molecule is CC(C)c1cc2n(n1)C(=O)C(c1cccc(Br)c1)C(=O)N2. The Bertz CT molecular complexity index is 736. The predicted molar refractivity (Wildman–Crippen MR) is 82.5 cm³/mol. The summed E-state index contributed by atoms with van der Waals surface area (Å²) in [4.78, 5) is 24.9. The van der Waals surface area contributed by atoms with Crippen molar-refractivity contribution in [1.29, 1.82) is 0 Å². The summed E-state index contributed by atoms with van der Waals surface area (Å²) in [6.07, 6.45) is 0. The maximum Gasteiger partial charge on any atom is 0.265 e. The summed E-state index contributed by atoms with van der Waals surface area (Å²) in [5, 5.41) is 7.06. The lowest BCUT2D eigenvalue weighted by molar-refractivity contribution is -0.117. The lowest BCUT2D eigenvalue weighted by Crippen LogP contribution is -2.38. The van der Waals surface area contributed by atoms with Crippen LogP contribution in [0.3, 0.4) is 0 Å². The molecule has 108 valence electrons. The van der Waals surface area contributed by atoms with E-state index < -0.39 is 5.92 Å². The quantitative estimate of drug-likeness (QED) is 0.848. The fourth-order valence-electron chi connectivity index (χ4n) is 2.35. The summed E-state index contributed by atoms with van der Waals surface area (Å²) < 4.78 is 2.12. The van der Waals surface area contributed by atoms with Crippen LogP contribution in [0.2, 0.25) is 0 Å². The Labute approximate surface area is 130 Å². The highest BCUT2D eigenvalue weighted by atomic mass is 79.9. The highest BCUT2D eigenvalue weighted by Gasteiger charge is 2.37. The minimum atomic E-state index is -0.866. The largest absolute Gasteiger partial charge is 0.309 e. The van der Waals surface area contributed by atoms with Gasteiger partial charge in [0.05, 0.1) is 5.69 Å². The van der Waals surface area contributed by atoms with Crippen LogP contribution >= 0.6 is 15.9 Å². The van der Waals surface area contributed by atoms with Crippen LogP contribution in [0.4, 0.5) is 5.82 Å². The second-order valence-corrected chi connectivity index (χ2v) is 6.25. The van der Waals surface area contributed by atoms with Gasteiger partial charge in [-0.3, -0.25) is 9.59 Å². The van der Waals surface area contributed by atoms with Crippen molar-refractivity contribution in [3.05, 3.63) is 46.1 Å². The van der Waals surface area contributed by atoms with E-state index >= 15 is 0 Å². The molecule has 0 radical (unpaired) electrons. The van der Waals surface area contributed by atoms with Gasteiger partial charge in [0.2, 0.25) is 5.91 Å². The molecule has 1 aromatic carbocycles. The van der Waals surface area contributed by atoms with E-state index in [1.807, 2.05) is 19.9 Å². The molecule has 6 heteroatoms. The Morgan fingerprint density at radius 1 is 1.29 bits per heavy atom. The van der Waals surface area contributed by atoms with E-state index in [4.69, 9.17) is 0 Å². The molecular formula is C15H14BrN3O2. The number of hydrogen-bond acceptors (Lipinski definition) is 3. The molecule has 0 bridgehead atoms. The third-order valence-electron chi connectivity index (χ3n) is 3.47. The number of rotatable bonds is 2. The Kier molecular flexibility index (Phi) is 3.41.